The zero-order chi connectivity index (χ0) is 14.5. The monoisotopic (exact) mass is 300 g/mol. The second-order valence-corrected chi connectivity index (χ2v) is 5.55. The molecule has 0 amide bonds. The predicted molar refractivity (Wildman–Crippen MR) is 74.1 cm³/mol. The van der Waals surface area contributed by atoms with Gasteiger partial charge in [0.1, 0.15) is 5.75 Å². The molecule has 2 aromatic carbocycles. The third kappa shape index (κ3) is 5.30. The molecule has 0 atom stereocenters. The summed E-state index contributed by atoms with van der Waals surface area (Å²) in [6, 6.07) is 12.8. The Labute approximate surface area is 117 Å². The lowest BCUT2D eigenvalue weighted by Crippen LogP contribution is -1.97. The number of rotatable bonds is 1. The molecule has 0 fully saturated rings. The number of benzene rings is 2. The maximum Gasteiger partial charge on any atom is 0.294 e. The van der Waals surface area contributed by atoms with Gasteiger partial charge in [-0.1, -0.05) is 35.9 Å². The van der Waals surface area contributed by atoms with Crippen molar-refractivity contribution in [3.05, 3.63) is 59.1 Å². The summed E-state index contributed by atoms with van der Waals surface area (Å²) in [5, 5.41) is 8.96. The fraction of sp³-hybridized carbons (Fsp3) is 0.0769. The summed E-state index contributed by atoms with van der Waals surface area (Å²) in [7, 11) is -4.13. The normalized spacial score (nSPS) is 10.5. The average Bonchev–Trinajstić information content (AvgIpc) is 2.33. The van der Waals surface area contributed by atoms with Crippen LogP contribution in [0.4, 0.5) is 0 Å². The molecule has 0 aliphatic rings. The minimum absolute atomic E-state index is 0.182. The van der Waals surface area contributed by atoms with Gasteiger partial charge in [0, 0.05) is 5.02 Å². The van der Waals surface area contributed by atoms with Crippen LogP contribution in [0.5, 0.6) is 5.75 Å². The van der Waals surface area contributed by atoms with E-state index in [2.05, 4.69) is 0 Å². The van der Waals surface area contributed by atoms with E-state index in [0.29, 0.717) is 10.8 Å². The molecule has 0 bridgehead atoms. The molecule has 2 rings (SSSR count). The average molecular weight is 301 g/mol. The predicted octanol–water partition coefficient (Wildman–Crippen LogP) is 3.29. The van der Waals surface area contributed by atoms with Gasteiger partial charge in [0.15, 0.2) is 0 Å². The molecule has 2 N–H and O–H groups in total. The first-order valence-electron chi connectivity index (χ1n) is 5.28. The number of aryl methyl sites for hydroxylation is 1. The fourth-order valence-electron chi connectivity index (χ4n) is 1.16. The lowest BCUT2D eigenvalue weighted by atomic mass is 10.2. The number of aromatic hydroxyl groups is 1. The quantitative estimate of drug-likeness (QED) is 0.793. The molecule has 0 radical (unpaired) electrons. The van der Waals surface area contributed by atoms with Crippen LogP contribution < -0.4 is 0 Å². The molecule has 0 aromatic heterocycles. The van der Waals surface area contributed by atoms with Crippen molar-refractivity contribution in [1.82, 2.24) is 0 Å². The highest BCUT2D eigenvalue weighted by molar-refractivity contribution is 7.85. The first-order valence-corrected chi connectivity index (χ1v) is 7.10. The van der Waals surface area contributed by atoms with Gasteiger partial charge in [0.05, 0.1) is 4.90 Å². The Bertz CT molecular complexity index is 639. The third-order valence-corrected chi connectivity index (χ3v) is 3.45. The van der Waals surface area contributed by atoms with E-state index in [0.717, 1.165) is 5.56 Å². The Balaban J connectivity index is 0.000000218. The van der Waals surface area contributed by atoms with Gasteiger partial charge < -0.3 is 5.11 Å². The van der Waals surface area contributed by atoms with Crippen molar-refractivity contribution in [1.29, 1.82) is 0 Å². The Hall–Kier alpha value is -1.56. The molecule has 4 nitrogen and oxygen atoms in total. The second kappa shape index (κ2) is 6.56. The number of phenols is 1. The van der Waals surface area contributed by atoms with Gasteiger partial charge >= 0.3 is 0 Å². The minimum atomic E-state index is -4.13. The highest BCUT2D eigenvalue weighted by Gasteiger charge is 2.09. The van der Waals surface area contributed by atoms with Crippen LogP contribution in [-0.2, 0) is 10.1 Å². The van der Waals surface area contributed by atoms with Crippen molar-refractivity contribution in [3.63, 3.8) is 0 Å². The van der Waals surface area contributed by atoms with Crippen molar-refractivity contribution in [2.75, 3.05) is 0 Å². The molecule has 2 aromatic rings. The van der Waals surface area contributed by atoms with Crippen LogP contribution in [0.2, 0.25) is 5.02 Å². The largest absolute Gasteiger partial charge is 0.508 e. The zero-order valence-corrected chi connectivity index (χ0v) is 11.7. The summed E-state index contributed by atoms with van der Waals surface area (Å²) in [5.41, 5.74) is 0.768. The summed E-state index contributed by atoms with van der Waals surface area (Å²) in [6.07, 6.45) is 0. The molecule has 102 valence electrons. The maximum absolute atomic E-state index is 10.6. The van der Waals surface area contributed by atoms with Crippen LogP contribution in [0, 0.1) is 6.92 Å². The van der Waals surface area contributed by atoms with Gasteiger partial charge in [-0.2, -0.15) is 8.42 Å². The van der Waals surface area contributed by atoms with E-state index in [9.17, 15) is 8.42 Å². The molecule has 19 heavy (non-hydrogen) atoms. The van der Waals surface area contributed by atoms with Crippen molar-refractivity contribution in [3.8, 4) is 5.75 Å². The smallest absolute Gasteiger partial charge is 0.294 e. The van der Waals surface area contributed by atoms with Gasteiger partial charge in [-0.05, 0) is 36.8 Å². The summed E-state index contributed by atoms with van der Waals surface area (Å²) < 4.78 is 29.8. The highest BCUT2D eigenvalue weighted by atomic mass is 35.5. The van der Waals surface area contributed by atoms with Crippen LogP contribution in [-0.4, -0.2) is 18.1 Å². The molecule has 0 aliphatic heterocycles. The standard InChI is InChI=1S/C7H7ClO3S.C6H6O/c1-5-2-3-6(4-7(5)8)12(9,10)11;7-6-4-2-1-3-5-6/h2-4H,1H3,(H,9,10,11);1-5,7H. The molecule has 0 spiro atoms. The molecule has 0 heterocycles. The summed E-state index contributed by atoms with van der Waals surface area (Å²) >= 11 is 5.64. The van der Waals surface area contributed by atoms with Crippen molar-refractivity contribution in [2.45, 2.75) is 11.8 Å². The Morgan fingerprint density at radius 2 is 1.63 bits per heavy atom. The summed E-state index contributed by atoms with van der Waals surface area (Å²) in [5.74, 6) is 0.322. The summed E-state index contributed by atoms with van der Waals surface area (Å²) in [4.78, 5) is -0.182. The Morgan fingerprint density at radius 3 is 2.00 bits per heavy atom. The lowest BCUT2D eigenvalue weighted by molar-refractivity contribution is 0.475. The second-order valence-electron chi connectivity index (χ2n) is 3.72. The molecular weight excluding hydrogens is 288 g/mol. The molecular formula is C13H13ClO4S. The van der Waals surface area contributed by atoms with E-state index in [1.54, 1.807) is 31.2 Å². The Kier molecular flexibility index (Phi) is 5.35. The number of hydrogen-bond donors (Lipinski definition) is 2. The van der Waals surface area contributed by atoms with Gasteiger partial charge in [-0.15, -0.1) is 0 Å². The van der Waals surface area contributed by atoms with Crippen molar-refractivity contribution in [2.24, 2.45) is 0 Å². The molecule has 6 heteroatoms. The minimum Gasteiger partial charge on any atom is -0.508 e. The van der Waals surface area contributed by atoms with E-state index < -0.39 is 10.1 Å². The number of phenolic OH excluding ortho intramolecular Hbond substituents is 1. The Morgan fingerprint density at radius 1 is 1.05 bits per heavy atom. The van der Waals surface area contributed by atoms with Crippen LogP contribution in [0.1, 0.15) is 5.56 Å². The van der Waals surface area contributed by atoms with Crippen molar-refractivity contribution >= 4 is 21.7 Å². The topological polar surface area (TPSA) is 74.6 Å². The number of para-hydroxylation sites is 1. The van der Waals surface area contributed by atoms with E-state index in [1.165, 1.54) is 18.2 Å². The molecule has 0 unspecified atom stereocenters. The zero-order valence-electron chi connectivity index (χ0n) is 10.1. The van der Waals surface area contributed by atoms with Crippen LogP contribution >= 0.6 is 11.6 Å². The molecule has 0 saturated heterocycles. The first kappa shape index (κ1) is 15.5. The van der Waals surface area contributed by atoms with Gasteiger partial charge in [-0.25, -0.2) is 0 Å². The maximum atomic E-state index is 10.6. The highest BCUT2D eigenvalue weighted by Crippen LogP contribution is 2.19. The fourth-order valence-corrected chi connectivity index (χ4v) is 1.91. The van der Waals surface area contributed by atoms with Crippen LogP contribution in [0.25, 0.3) is 0 Å². The number of halogens is 1. The van der Waals surface area contributed by atoms with E-state index >= 15 is 0 Å². The van der Waals surface area contributed by atoms with Crippen LogP contribution in [0.3, 0.4) is 0 Å². The number of hydrogen-bond acceptors (Lipinski definition) is 3. The van der Waals surface area contributed by atoms with E-state index in [-0.39, 0.29) is 4.90 Å². The van der Waals surface area contributed by atoms with Gasteiger partial charge in [-0.3, -0.25) is 4.55 Å². The van der Waals surface area contributed by atoms with Crippen molar-refractivity contribution < 1.29 is 18.1 Å². The van der Waals surface area contributed by atoms with E-state index in [4.69, 9.17) is 21.3 Å². The lowest BCUT2D eigenvalue weighted by Gasteiger charge is -1.99. The molecule has 0 aliphatic carbocycles. The summed E-state index contributed by atoms with van der Waals surface area (Å²) in [6.45, 7) is 1.75. The van der Waals surface area contributed by atoms with Crippen LogP contribution in [0.15, 0.2) is 53.4 Å². The van der Waals surface area contributed by atoms with Gasteiger partial charge in [0.25, 0.3) is 10.1 Å². The first-order chi connectivity index (χ1) is 8.80. The van der Waals surface area contributed by atoms with Gasteiger partial charge in [0.2, 0.25) is 0 Å². The third-order valence-electron chi connectivity index (χ3n) is 2.20. The molecule has 0 saturated carbocycles. The SMILES string of the molecule is Cc1ccc(S(=O)(=O)O)cc1Cl.Oc1ccccc1. The van der Waals surface area contributed by atoms with E-state index in [1.807, 2.05) is 6.07 Å².